The molecule has 2 heterocycles. The Morgan fingerprint density at radius 1 is 0.833 bits per heavy atom. The molecule has 0 fully saturated rings. The molecule has 0 saturated carbocycles. The number of hydrogen-bond acceptors (Lipinski definition) is 4. The second-order valence-electron chi connectivity index (χ2n) is 6.49. The van der Waals surface area contributed by atoms with Gasteiger partial charge in [0.05, 0.1) is 10.9 Å². The average Bonchev–Trinajstić information content (AvgIpc) is 3.47. The molecule has 0 aliphatic rings. The van der Waals surface area contributed by atoms with Crippen LogP contribution in [0.1, 0.15) is 36.5 Å². The Balaban J connectivity index is 1.54. The summed E-state index contributed by atoms with van der Waals surface area (Å²) < 4.78 is 13.4. The maximum Gasteiger partial charge on any atom is 0.265 e. The standard InChI is InChI=1S/C23H17FN2O2S2/c24-17-10-8-15(9-11-17)21(19-6-2-12-29-19)26-22(27)16-4-1-5-18(14-16)25-23(28)20-7-3-13-30-20/h1-14,21H,(H,25,28)(H,26,27). The number of benzene rings is 2. The Labute approximate surface area is 181 Å². The molecule has 0 aliphatic heterocycles. The van der Waals surface area contributed by atoms with Gasteiger partial charge in [0.2, 0.25) is 0 Å². The van der Waals surface area contributed by atoms with Crippen molar-refractivity contribution in [3.8, 4) is 0 Å². The zero-order chi connectivity index (χ0) is 20.9. The molecule has 0 radical (unpaired) electrons. The van der Waals surface area contributed by atoms with Crippen molar-refractivity contribution in [2.24, 2.45) is 0 Å². The predicted molar refractivity (Wildman–Crippen MR) is 119 cm³/mol. The molecule has 4 nitrogen and oxygen atoms in total. The minimum atomic E-state index is -0.400. The number of carbonyl (C=O) groups is 2. The fraction of sp³-hybridized carbons (Fsp3) is 0.0435. The van der Waals surface area contributed by atoms with Gasteiger partial charge in [0.25, 0.3) is 11.8 Å². The van der Waals surface area contributed by atoms with E-state index in [0.717, 1.165) is 10.4 Å². The number of nitrogens with one attached hydrogen (secondary N) is 2. The number of carbonyl (C=O) groups excluding carboxylic acids is 2. The molecular formula is C23H17FN2O2S2. The molecule has 4 rings (SSSR count). The van der Waals surface area contributed by atoms with Crippen LogP contribution in [0.5, 0.6) is 0 Å². The third-order valence-electron chi connectivity index (χ3n) is 4.43. The van der Waals surface area contributed by atoms with Gasteiger partial charge in [0.15, 0.2) is 0 Å². The lowest BCUT2D eigenvalue weighted by Crippen LogP contribution is -2.29. The summed E-state index contributed by atoms with van der Waals surface area (Å²) in [5, 5.41) is 9.59. The largest absolute Gasteiger partial charge is 0.340 e. The van der Waals surface area contributed by atoms with E-state index in [1.54, 1.807) is 42.5 Å². The first kappa shape index (κ1) is 20.0. The van der Waals surface area contributed by atoms with Crippen LogP contribution in [0.3, 0.4) is 0 Å². The van der Waals surface area contributed by atoms with Crippen LogP contribution in [0.4, 0.5) is 10.1 Å². The highest BCUT2D eigenvalue weighted by molar-refractivity contribution is 7.12. The zero-order valence-corrected chi connectivity index (χ0v) is 17.3. The highest BCUT2D eigenvalue weighted by Gasteiger charge is 2.19. The highest BCUT2D eigenvalue weighted by Crippen LogP contribution is 2.27. The molecule has 2 amide bonds. The van der Waals surface area contributed by atoms with Crippen LogP contribution in [0.15, 0.2) is 83.6 Å². The Bertz CT molecular complexity index is 1140. The lowest BCUT2D eigenvalue weighted by Gasteiger charge is -2.18. The predicted octanol–water partition coefficient (Wildman–Crippen LogP) is 5.72. The summed E-state index contributed by atoms with van der Waals surface area (Å²) in [4.78, 5) is 26.8. The van der Waals surface area contributed by atoms with Gasteiger partial charge in [-0.1, -0.05) is 30.3 Å². The zero-order valence-electron chi connectivity index (χ0n) is 15.7. The normalized spacial score (nSPS) is 11.6. The van der Waals surface area contributed by atoms with Crippen LogP contribution < -0.4 is 10.6 Å². The molecule has 4 aromatic rings. The van der Waals surface area contributed by atoms with E-state index in [2.05, 4.69) is 10.6 Å². The van der Waals surface area contributed by atoms with E-state index < -0.39 is 6.04 Å². The summed E-state index contributed by atoms with van der Waals surface area (Å²) in [5.74, 6) is -0.834. The molecular weight excluding hydrogens is 419 g/mol. The number of amides is 2. The second kappa shape index (κ2) is 9.02. The summed E-state index contributed by atoms with van der Waals surface area (Å²) in [6.07, 6.45) is 0. The van der Waals surface area contributed by atoms with Gasteiger partial charge in [-0.05, 0) is 58.8 Å². The first-order valence-electron chi connectivity index (χ1n) is 9.15. The van der Waals surface area contributed by atoms with E-state index in [4.69, 9.17) is 0 Å². The maximum absolute atomic E-state index is 13.4. The first-order chi connectivity index (χ1) is 14.6. The van der Waals surface area contributed by atoms with Crippen molar-refractivity contribution in [1.82, 2.24) is 5.32 Å². The fourth-order valence-electron chi connectivity index (χ4n) is 2.98. The van der Waals surface area contributed by atoms with E-state index in [-0.39, 0.29) is 17.6 Å². The monoisotopic (exact) mass is 436 g/mol. The van der Waals surface area contributed by atoms with Crippen LogP contribution >= 0.6 is 22.7 Å². The van der Waals surface area contributed by atoms with Crippen LogP contribution in [-0.4, -0.2) is 11.8 Å². The van der Waals surface area contributed by atoms with Gasteiger partial charge >= 0.3 is 0 Å². The Hall–Kier alpha value is -3.29. The quantitative estimate of drug-likeness (QED) is 0.406. The Kier molecular flexibility index (Phi) is 6.02. The van der Waals surface area contributed by atoms with Crippen molar-refractivity contribution in [1.29, 1.82) is 0 Å². The summed E-state index contributed by atoms with van der Waals surface area (Å²) >= 11 is 2.86. The molecule has 150 valence electrons. The molecule has 2 aromatic heterocycles. The van der Waals surface area contributed by atoms with Crippen LogP contribution in [0, 0.1) is 5.82 Å². The fourth-order valence-corrected chi connectivity index (χ4v) is 4.40. The smallest absolute Gasteiger partial charge is 0.265 e. The summed E-state index contributed by atoms with van der Waals surface area (Å²) in [6, 6.07) is 19.8. The summed E-state index contributed by atoms with van der Waals surface area (Å²) in [5.41, 5.74) is 1.74. The minimum absolute atomic E-state index is 0.217. The molecule has 1 unspecified atom stereocenters. The van der Waals surface area contributed by atoms with E-state index in [0.29, 0.717) is 16.1 Å². The molecule has 2 N–H and O–H groups in total. The molecule has 0 spiro atoms. The van der Waals surface area contributed by atoms with Crippen LogP contribution in [0.2, 0.25) is 0 Å². The van der Waals surface area contributed by atoms with Crippen LogP contribution in [-0.2, 0) is 0 Å². The maximum atomic E-state index is 13.4. The third-order valence-corrected chi connectivity index (χ3v) is 6.24. The number of anilines is 1. The number of hydrogen-bond donors (Lipinski definition) is 2. The summed E-state index contributed by atoms with van der Waals surface area (Å²) in [7, 11) is 0. The van der Waals surface area contributed by atoms with Crippen molar-refractivity contribution in [2.75, 3.05) is 5.32 Å². The number of thiophene rings is 2. The van der Waals surface area contributed by atoms with Gasteiger partial charge < -0.3 is 10.6 Å². The summed E-state index contributed by atoms with van der Waals surface area (Å²) in [6.45, 7) is 0. The van der Waals surface area contributed by atoms with E-state index >= 15 is 0 Å². The number of halogens is 1. The highest BCUT2D eigenvalue weighted by atomic mass is 32.1. The molecule has 0 bridgehead atoms. The molecule has 30 heavy (non-hydrogen) atoms. The minimum Gasteiger partial charge on any atom is -0.340 e. The van der Waals surface area contributed by atoms with E-state index in [1.165, 1.54) is 34.8 Å². The average molecular weight is 437 g/mol. The van der Waals surface area contributed by atoms with Crippen molar-refractivity contribution in [2.45, 2.75) is 6.04 Å². The lowest BCUT2D eigenvalue weighted by atomic mass is 10.0. The van der Waals surface area contributed by atoms with Gasteiger partial charge in [0.1, 0.15) is 5.82 Å². The molecule has 2 aromatic carbocycles. The van der Waals surface area contributed by atoms with Gasteiger partial charge in [-0.25, -0.2) is 4.39 Å². The van der Waals surface area contributed by atoms with Crippen molar-refractivity contribution in [3.05, 3.63) is 110 Å². The molecule has 0 aliphatic carbocycles. The van der Waals surface area contributed by atoms with Crippen molar-refractivity contribution in [3.63, 3.8) is 0 Å². The van der Waals surface area contributed by atoms with Crippen molar-refractivity contribution >= 4 is 40.2 Å². The van der Waals surface area contributed by atoms with Gasteiger partial charge in [-0.2, -0.15) is 0 Å². The lowest BCUT2D eigenvalue weighted by molar-refractivity contribution is 0.0942. The first-order valence-corrected chi connectivity index (χ1v) is 10.9. The number of rotatable bonds is 6. The second-order valence-corrected chi connectivity index (χ2v) is 8.41. The van der Waals surface area contributed by atoms with E-state index in [1.807, 2.05) is 29.0 Å². The topological polar surface area (TPSA) is 58.2 Å². The third kappa shape index (κ3) is 4.64. The SMILES string of the molecule is O=C(NC(c1ccc(F)cc1)c1cccs1)c1cccc(NC(=O)c2cccs2)c1. The molecule has 1 atom stereocenters. The Morgan fingerprint density at radius 3 is 2.30 bits per heavy atom. The molecule has 7 heteroatoms. The van der Waals surface area contributed by atoms with Crippen LogP contribution in [0.25, 0.3) is 0 Å². The van der Waals surface area contributed by atoms with Gasteiger partial charge in [0, 0.05) is 16.1 Å². The Morgan fingerprint density at radius 2 is 1.60 bits per heavy atom. The van der Waals surface area contributed by atoms with Gasteiger partial charge in [-0.3, -0.25) is 9.59 Å². The van der Waals surface area contributed by atoms with Crippen molar-refractivity contribution < 1.29 is 14.0 Å². The molecule has 0 saturated heterocycles. The van der Waals surface area contributed by atoms with E-state index in [9.17, 15) is 14.0 Å². The van der Waals surface area contributed by atoms with Gasteiger partial charge in [-0.15, -0.1) is 22.7 Å².